The van der Waals surface area contributed by atoms with Gasteiger partial charge in [-0.3, -0.25) is 4.90 Å². The van der Waals surface area contributed by atoms with Gasteiger partial charge in [0.25, 0.3) is 0 Å². The molecular formula is C12H21NO5. The zero-order valence-electron chi connectivity index (χ0n) is 11.3. The Hall–Kier alpha value is -1.30. The van der Waals surface area contributed by atoms with E-state index >= 15 is 0 Å². The van der Waals surface area contributed by atoms with Gasteiger partial charge in [0.1, 0.15) is 11.6 Å². The van der Waals surface area contributed by atoms with Gasteiger partial charge in [-0.25, -0.2) is 9.59 Å². The van der Waals surface area contributed by atoms with Crippen molar-refractivity contribution >= 4 is 12.1 Å². The van der Waals surface area contributed by atoms with Crippen molar-refractivity contribution in [1.29, 1.82) is 0 Å². The number of β-amino-alcohol motifs (C(OH)–C–C–N with tert-alkyl or cyclic N) is 1. The number of nitrogens with zero attached hydrogens (tertiary/aromatic N) is 1. The van der Waals surface area contributed by atoms with Gasteiger partial charge in [0.05, 0.1) is 19.3 Å². The predicted octanol–water partition coefficient (Wildman–Crippen LogP) is 0.920. The number of rotatable bonds is 2. The topological polar surface area (TPSA) is 76.1 Å². The minimum atomic E-state index is -0.755. The summed E-state index contributed by atoms with van der Waals surface area (Å²) in [6.45, 7) is 7.28. The van der Waals surface area contributed by atoms with E-state index in [4.69, 9.17) is 9.47 Å². The van der Waals surface area contributed by atoms with E-state index in [1.165, 1.54) is 4.90 Å². The van der Waals surface area contributed by atoms with Crippen LogP contribution in [0, 0.1) is 0 Å². The fourth-order valence-electron chi connectivity index (χ4n) is 1.80. The lowest BCUT2D eigenvalue weighted by molar-refractivity contribution is -0.148. The Bertz CT molecular complexity index is 323. The molecule has 0 radical (unpaired) electrons. The van der Waals surface area contributed by atoms with Gasteiger partial charge >= 0.3 is 12.1 Å². The molecule has 0 bridgehead atoms. The van der Waals surface area contributed by atoms with Crippen LogP contribution in [0.15, 0.2) is 0 Å². The van der Waals surface area contributed by atoms with E-state index in [1.54, 1.807) is 27.7 Å². The number of carbonyl (C=O) groups is 2. The smallest absolute Gasteiger partial charge is 0.411 e. The lowest BCUT2D eigenvalue weighted by atomic mass is 10.2. The van der Waals surface area contributed by atoms with Crippen molar-refractivity contribution in [2.45, 2.75) is 51.9 Å². The van der Waals surface area contributed by atoms with Crippen LogP contribution in [0.1, 0.15) is 34.1 Å². The standard InChI is InChI=1S/C12H21NO5/c1-5-17-10(15)9-6-8(14)7-13(9)11(16)18-12(2,3)4/h8-9,14H,5-7H2,1-4H3/t8-,9+/m0/s1. The highest BCUT2D eigenvalue weighted by Gasteiger charge is 2.41. The molecule has 1 aliphatic heterocycles. The molecule has 2 atom stereocenters. The summed E-state index contributed by atoms with van der Waals surface area (Å²) in [4.78, 5) is 24.8. The van der Waals surface area contributed by atoms with Crippen LogP contribution < -0.4 is 0 Å². The summed E-state index contributed by atoms with van der Waals surface area (Å²) in [5.74, 6) is -0.500. The maximum Gasteiger partial charge on any atom is 0.411 e. The summed E-state index contributed by atoms with van der Waals surface area (Å²) in [7, 11) is 0. The van der Waals surface area contributed by atoms with Crippen LogP contribution in [0.25, 0.3) is 0 Å². The van der Waals surface area contributed by atoms with Crippen molar-refractivity contribution in [1.82, 2.24) is 4.90 Å². The van der Waals surface area contributed by atoms with Gasteiger partial charge in [0, 0.05) is 6.42 Å². The second-order valence-corrected chi connectivity index (χ2v) is 5.29. The molecule has 1 rings (SSSR count). The third kappa shape index (κ3) is 3.87. The van der Waals surface area contributed by atoms with Gasteiger partial charge in [0.2, 0.25) is 0 Å². The first-order valence-corrected chi connectivity index (χ1v) is 6.09. The van der Waals surface area contributed by atoms with Gasteiger partial charge in [-0.15, -0.1) is 0 Å². The molecule has 104 valence electrons. The molecule has 1 saturated heterocycles. The zero-order valence-corrected chi connectivity index (χ0v) is 11.3. The van der Waals surface area contributed by atoms with Crippen molar-refractivity contribution in [2.24, 2.45) is 0 Å². The first-order valence-electron chi connectivity index (χ1n) is 6.09. The number of carbonyl (C=O) groups excluding carboxylic acids is 2. The molecule has 6 heteroatoms. The molecule has 1 N–H and O–H groups in total. The molecule has 0 aromatic heterocycles. The highest BCUT2D eigenvalue weighted by molar-refractivity contribution is 5.82. The van der Waals surface area contributed by atoms with Crippen molar-refractivity contribution in [3.63, 3.8) is 0 Å². The van der Waals surface area contributed by atoms with Crippen LogP contribution in [0.3, 0.4) is 0 Å². The number of likely N-dealkylation sites (tertiary alicyclic amines) is 1. The van der Waals surface area contributed by atoms with Crippen LogP contribution in [0.4, 0.5) is 4.79 Å². The summed E-state index contributed by atoms with van der Waals surface area (Å²) in [6, 6.07) is -0.755. The Morgan fingerprint density at radius 1 is 1.39 bits per heavy atom. The summed E-state index contributed by atoms with van der Waals surface area (Å²) in [5, 5.41) is 9.58. The highest BCUT2D eigenvalue weighted by Crippen LogP contribution is 2.22. The Morgan fingerprint density at radius 2 is 2.00 bits per heavy atom. The molecule has 1 amide bonds. The zero-order chi connectivity index (χ0) is 13.9. The summed E-state index contributed by atoms with van der Waals surface area (Å²) < 4.78 is 10.1. The van der Waals surface area contributed by atoms with E-state index in [0.29, 0.717) is 0 Å². The minimum absolute atomic E-state index is 0.0956. The maximum absolute atomic E-state index is 11.9. The fourth-order valence-corrected chi connectivity index (χ4v) is 1.80. The van der Waals surface area contributed by atoms with E-state index < -0.39 is 29.8 Å². The first kappa shape index (κ1) is 14.8. The van der Waals surface area contributed by atoms with Crippen molar-refractivity contribution in [3.05, 3.63) is 0 Å². The van der Waals surface area contributed by atoms with Gasteiger partial charge < -0.3 is 14.6 Å². The van der Waals surface area contributed by atoms with Crippen LogP contribution in [-0.2, 0) is 14.3 Å². The summed E-state index contributed by atoms with van der Waals surface area (Å²) >= 11 is 0. The lowest BCUT2D eigenvalue weighted by Crippen LogP contribution is -2.44. The molecule has 18 heavy (non-hydrogen) atoms. The third-order valence-corrected chi connectivity index (χ3v) is 2.47. The molecule has 1 heterocycles. The van der Waals surface area contributed by atoms with Crippen LogP contribution in [-0.4, -0.2) is 53.0 Å². The Balaban J connectivity index is 2.72. The number of hydrogen-bond acceptors (Lipinski definition) is 5. The molecule has 0 saturated carbocycles. The number of aliphatic hydroxyl groups excluding tert-OH is 1. The lowest BCUT2D eigenvalue weighted by Gasteiger charge is -2.27. The molecule has 6 nitrogen and oxygen atoms in total. The van der Waals surface area contributed by atoms with Crippen molar-refractivity contribution in [3.8, 4) is 0 Å². The van der Waals surface area contributed by atoms with Gasteiger partial charge in [-0.2, -0.15) is 0 Å². The summed E-state index contributed by atoms with van der Waals surface area (Å²) in [6.07, 6.45) is -1.12. The van der Waals surface area contributed by atoms with E-state index in [-0.39, 0.29) is 19.6 Å². The monoisotopic (exact) mass is 259 g/mol. The Kier molecular flexibility index (Phi) is 4.56. The van der Waals surface area contributed by atoms with Crippen molar-refractivity contribution in [2.75, 3.05) is 13.2 Å². The number of hydrogen-bond donors (Lipinski definition) is 1. The van der Waals surface area contributed by atoms with Crippen molar-refractivity contribution < 1.29 is 24.2 Å². The Labute approximate surface area is 107 Å². The fraction of sp³-hybridized carbons (Fsp3) is 0.833. The van der Waals surface area contributed by atoms with Gasteiger partial charge in [-0.05, 0) is 27.7 Å². The van der Waals surface area contributed by atoms with Gasteiger partial charge in [0.15, 0.2) is 0 Å². The van der Waals surface area contributed by atoms with Crippen LogP contribution in [0.2, 0.25) is 0 Å². The average Bonchev–Trinajstić information content (AvgIpc) is 2.58. The second kappa shape index (κ2) is 5.56. The SMILES string of the molecule is CCOC(=O)[C@H]1C[C@H](O)CN1C(=O)OC(C)(C)C. The van der Waals surface area contributed by atoms with Gasteiger partial charge in [-0.1, -0.05) is 0 Å². The van der Waals surface area contributed by atoms with E-state index in [1.807, 2.05) is 0 Å². The maximum atomic E-state index is 11.9. The number of amides is 1. The first-order chi connectivity index (χ1) is 8.24. The number of ether oxygens (including phenoxy) is 2. The third-order valence-electron chi connectivity index (χ3n) is 2.47. The normalized spacial score (nSPS) is 23.9. The minimum Gasteiger partial charge on any atom is -0.464 e. The molecule has 0 aromatic carbocycles. The molecule has 0 aromatic rings. The molecule has 1 fully saturated rings. The highest BCUT2D eigenvalue weighted by atomic mass is 16.6. The van der Waals surface area contributed by atoms with E-state index in [9.17, 15) is 14.7 Å². The summed E-state index contributed by atoms with van der Waals surface area (Å²) in [5.41, 5.74) is -0.635. The number of aliphatic hydroxyl groups is 1. The number of esters is 1. The molecule has 0 unspecified atom stereocenters. The molecule has 0 spiro atoms. The largest absolute Gasteiger partial charge is 0.464 e. The van der Waals surface area contributed by atoms with E-state index in [0.717, 1.165) is 0 Å². The molecule has 1 aliphatic rings. The molecule has 0 aliphatic carbocycles. The predicted molar refractivity (Wildman–Crippen MR) is 64.0 cm³/mol. The second-order valence-electron chi connectivity index (χ2n) is 5.29. The van der Waals surface area contributed by atoms with Crippen LogP contribution >= 0.6 is 0 Å². The Morgan fingerprint density at radius 3 is 2.50 bits per heavy atom. The molecular weight excluding hydrogens is 238 g/mol. The quantitative estimate of drug-likeness (QED) is 0.746. The average molecular weight is 259 g/mol. The van der Waals surface area contributed by atoms with E-state index in [2.05, 4.69) is 0 Å². The van der Waals surface area contributed by atoms with Crippen LogP contribution in [0.5, 0.6) is 0 Å².